The first-order chi connectivity index (χ1) is 20.3. The first-order valence-corrected chi connectivity index (χ1v) is 16.9. The van der Waals surface area contributed by atoms with Crippen molar-refractivity contribution in [3.63, 3.8) is 0 Å². The highest BCUT2D eigenvalue weighted by atomic mass is 16.5. The molecule has 0 saturated carbocycles. The van der Waals surface area contributed by atoms with E-state index in [1.54, 1.807) is 0 Å². The molecule has 2 aromatic rings. The molecule has 0 aliphatic rings. The van der Waals surface area contributed by atoms with E-state index in [4.69, 9.17) is 4.74 Å². The first-order valence-electron chi connectivity index (χ1n) is 16.9. The smallest absolute Gasteiger partial charge is 0.193 e. The van der Waals surface area contributed by atoms with Crippen LogP contribution in [-0.4, -0.2) is 75.2 Å². The van der Waals surface area contributed by atoms with E-state index in [1.807, 2.05) is 60.7 Å². The van der Waals surface area contributed by atoms with Gasteiger partial charge in [0.25, 0.3) is 0 Å². The molecule has 234 valence electrons. The third-order valence-electron chi connectivity index (χ3n) is 8.69. The lowest BCUT2D eigenvalue weighted by Crippen LogP contribution is -2.53. The van der Waals surface area contributed by atoms with Crippen LogP contribution in [0.3, 0.4) is 0 Å². The number of quaternary nitrogens is 2. The standard InChI is InChI=1S/C38H62N2O2/c1-6-8-9-10-11-12-13-14-20-30-39(3,4)32-33-40(5,29-7-2)31-21-15-16-22-34-42-37-27-25-36(26-28-37)38(41)35-23-18-17-19-24-35/h6,17-19,23-28H,1,7-16,20-22,29-34H2,2-5H3/q+2. The van der Waals surface area contributed by atoms with E-state index in [0.717, 1.165) is 28.8 Å². The van der Waals surface area contributed by atoms with Gasteiger partial charge in [-0.1, -0.05) is 69.0 Å². The number of ether oxygens (including phenoxy) is 1. The quantitative estimate of drug-likeness (QED) is 0.0508. The largest absolute Gasteiger partial charge is 0.494 e. The summed E-state index contributed by atoms with van der Waals surface area (Å²) in [6.45, 7) is 13.3. The Kier molecular flexibility index (Phi) is 17.4. The number of carbonyl (C=O) groups excluding carboxylic acids is 1. The van der Waals surface area contributed by atoms with Gasteiger partial charge < -0.3 is 13.7 Å². The first kappa shape index (κ1) is 35.8. The molecule has 2 aromatic carbocycles. The maximum atomic E-state index is 12.6. The Morgan fingerprint density at radius 1 is 0.667 bits per heavy atom. The number of allylic oxidation sites excluding steroid dienone is 1. The third-order valence-corrected chi connectivity index (χ3v) is 8.69. The molecule has 4 heteroatoms. The van der Waals surface area contributed by atoms with E-state index in [0.29, 0.717) is 5.56 Å². The molecule has 0 bridgehead atoms. The maximum Gasteiger partial charge on any atom is 0.193 e. The van der Waals surface area contributed by atoms with Crippen LogP contribution in [0.4, 0.5) is 0 Å². The van der Waals surface area contributed by atoms with Gasteiger partial charge in [0.1, 0.15) is 18.8 Å². The Morgan fingerprint density at radius 3 is 1.88 bits per heavy atom. The Labute approximate surface area is 259 Å². The van der Waals surface area contributed by atoms with Gasteiger partial charge in [-0.3, -0.25) is 4.79 Å². The lowest BCUT2D eigenvalue weighted by Gasteiger charge is -2.38. The summed E-state index contributed by atoms with van der Waals surface area (Å²) in [6.07, 6.45) is 18.9. The number of rotatable bonds is 25. The maximum absolute atomic E-state index is 12.6. The summed E-state index contributed by atoms with van der Waals surface area (Å²) in [5.41, 5.74) is 1.42. The Morgan fingerprint density at radius 2 is 1.24 bits per heavy atom. The van der Waals surface area contributed by atoms with Gasteiger partial charge in [-0.25, -0.2) is 0 Å². The minimum atomic E-state index is 0.0506. The molecule has 0 N–H and O–H groups in total. The zero-order valence-electron chi connectivity index (χ0n) is 27.6. The van der Waals surface area contributed by atoms with Crippen molar-refractivity contribution in [2.45, 2.75) is 90.4 Å². The van der Waals surface area contributed by atoms with Crippen LogP contribution in [0, 0.1) is 0 Å². The van der Waals surface area contributed by atoms with Crippen molar-refractivity contribution in [3.05, 3.63) is 78.4 Å². The second kappa shape index (κ2) is 20.5. The fraction of sp³-hybridized carbons (Fsp3) is 0.605. The van der Waals surface area contributed by atoms with Crippen LogP contribution in [0.1, 0.15) is 106 Å². The lowest BCUT2D eigenvalue weighted by atomic mass is 10.0. The van der Waals surface area contributed by atoms with Gasteiger partial charge in [0.2, 0.25) is 0 Å². The highest BCUT2D eigenvalue weighted by Gasteiger charge is 2.25. The van der Waals surface area contributed by atoms with Crippen LogP contribution >= 0.6 is 0 Å². The van der Waals surface area contributed by atoms with Crippen LogP contribution in [0.2, 0.25) is 0 Å². The third kappa shape index (κ3) is 15.2. The van der Waals surface area contributed by atoms with Crippen molar-refractivity contribution in [2.75, 3.05) is 60.5 Å². The molecule has 2 rings (SSSR count). The van der Waals surface area contributed by atoms with E-state index < -0.39 is 0 Å². The van der Waals surface area contributed by atoms with Gasteiger partial charge in [-0.2, -0.15) is 0 Å². The van der Waals surface area contributed by atoms with Crippen LogP contribution in [0.5, 0.6) is 5.75 Å². The van der Waals surface area contributed by atoms with Crippen molar-refractivity contribution in [1.82, 2.24) is 0 Å². The normalized spacial score (nSPS) is 13.0. The fourth-order valence-electron chi connectivity index (χ4n) is 5.81. The number of likely N-dealkylation sites (N-methyl/N-ethyl adjacent to an activating group) is 2. The molecule has 0 aromatic heterocycles. The molecular weight excluding hydrogens is 516 g/mol. The summed E-state index contributed by atoms with van der Waals surface area (Å²) in [4.78, 5) is 12.6. The molecule has 1 unspecified atom stereocenters. The van der Waals surface area contributed by atoms with Crippen molar-refractivity contribution in [3.8, 4) is 5.75 Å². The topological polar surface area (TPSA) is 26.3 Å². The number of nitrogens with zero attached hydrogens (tertiary/aromatic N) is 2. The lowest BCUT2D eigenvalue weighted by molar-refractivity contribution is -0.955. The minimum Gasteiger partial charge on any atom is -0.494 e. The summed E-state index contributed by atoms with van der Waals surface area (Å²) in [6, 6.07) is 17.0. The number of hydrogen-bond acceptors (Lipinski definition) is 2. The molecule has 1 atom stereocenters. The van der Waals surface area contributed by atoms with E-state index >= 15 is 0 Å². The fourth-order valence-corrected chi connectivity index (χ4v) is 5.81. The SMILES string of the molecule is C=CCCCCCCCCC[N+](C)(C)CC[N+](C)(CCC)CCCCCCOc1ccc(C(=O)c2ccccc2)cc1. The van der Waals surface area contributed by atoms with Crippen molar-refractivity contribution in [1.29, 1.82) is 0 Å². The molecule has 0 spiro atoms. The number of unbranched alkanes of at least 4 members (excludes halogenated alkanes) is 10. The molecule has 4 nitrogen and oxygen atoms in total. The average molecular weight is 579 g/mol. The number of hydrogen-bond donors (Lipinski definition) is 0. The van der Waals surface area contributed by atoms with Gasteiger partial charge in [-0.15, -0.1) is 6.58 Å². The van der Waals surface area contributed by atoms with Gasteiger partial charge in [0.05, 0.1) is 47.4 Å². The molecular formula is C38H62N2O2+2. The summed E-state index contributed by atoms with van der Waals surface area (Å²) in [5.74, 6) is 0.890. The minimum absolute atomic E-state index is 0.0506. The Balaban J connectivity index is 1.59. The summed E-state index contributed by atoms with van der Waals surface area (Å²) < 4.78 is 8.31. The van der Waals surface area contributed by atoms with E-state index in [2.05, 4.69) is 34.6 Å². The second-order valence-electron chi connectivity index (χ2n) is 13.2. The van der Waals surface area contributed by atoms with Gasteiger partial charge in [0, 0.05) is 11.1 Å². The number of benzene rings is 2. The summed E-state index contributed by atoms with van der Waals surface area (Å²) in [7, 11) is 7.34. The van der Waals surface area contributed by atoms with Crippen molar-refractivity contribution in [2.24, 2.45) is 0 Å². The highest BCUT2D eigenvalue weighted by molar-refractivity contribution is 6.08. The van der Waals surface area contributed by atoms with E-state index in [9.17, 15) is 4.79 Å². The monoisotopic (exact) mass is 578 g/mol. The average Bonchev–Trinajstić information content (AvgIpc) is 2.99. The second-order valence-corrected chi connectivity index (χ2v) is 13.2. The predicted octanol–water partition coefficient (Wildman–Crippen LogP) is 9.10. The number of ketones is 1. The number of carbonyl (C=O) groups is 1. The van der Waals surface area contributed by atoms with Crippen LogP contribution in [-0.2, 0) is 0 Å². The molecule has 42 heavy (non-hydrogen) atoms. The zero-order valence-corrected chi connectivity index (χ0v) is 27.6. The molecule has 0 fully saturated rings. The molecule has 0 radical (unpaired) electrons. The molecule has 0 heterocycles. The van der Waals surface area contributed by atoms with E-state index in [-0.39, 0.29) is 5.78 Å². The molecule has 0 aliphatic carbocycles. The van der Waals surface area contributed by atoms with Gasteiger partial charge in [0.15, 0.2) is 5.78 Å². The van der Waals surface area contributed by atoms with Crippen molar-refractivity contribution < 1.29 is 18.5 Å². The van der Waals surface area contributed by atoms with Gasteiger partial charge >= 0.3 is 0 Å². The zero-order chi connectivity index (χ0) is 30.5. The summed E-state index contributed by atoms with van der Waals surface area (Å²) in [5, 5.41) is 0. The Hall–Kier alpha value is -2.43. The van der Waals surface area contributed by atoms with Crippen molar-refractivity contribution >= 4 is 5.78 Å². The highest BCUT2D eigenvalue weighted by Crippen LogP contribution is 2.17. The van der Waals surface area contributed by atoms with Crippen LogP contribution in [0.25, 0.3) is 0 Å². The van der Waals surface area contributed by atoms with Crippen LogP contribution < -0.4 is 4.74 Å². The Bertz CT molecular complexity index is 986. The van der Waals surface area contributed by atoms with Crippen LogP contribution in [0.15, 0.2) is 67.3 Å². The molecule has 0 amide bonds. The summed E-state index contributed by atoms with van der Waals surface area (Å²) >= 11 is 0. The molecule has 0 aliphatic heterocycles. The van der Waals surface area contributed by atoms with Gasteiger partial charge in [-0.05, 0) is 82.1 Å². The molecule has 0 saturated heterocycles. The van der Waals surface area contributed by atoms with E-state index in [1.165, 1.54) is 114 Å². The predicted molar refractivity (Wildman–Crippen MR) is 180 cm³/mol.